The number of amides is 1. The van der Waals surface area contributed by atoms with Crippen molar-refractivity contribution in [1.82, 2.24) is 10.2 Å². The van der Waals surface area contributed by atoms with E-state index >= 15 is 0 Å². The van der Waals surface area contributed by atoms with Crippen LogP contribution in [-0.2, 0) is 17.9 Å². The summed E-state index contributed by atoms with van der Waals surface area (Å²) in [6.45, 7) is 4.38. The molecule has 1 saturated heterocycles. The predicted molar refractivity (Wildman–Crippen MR) is 104 cm³/mol. The fourth-order valence-corrected chi connectivity index (χ4v) is 3.57. The zero-order valence-electron chi connectivity index (χ0n) is 15.9. The van der Waals surface area contributed by atoms with E-state index in [9.17, 15) is 19.3 Å². The van der Waals surface area contributed by atoms with Gasteiger partial charge in [0, 0.05) is 30.6 Å². The zero-order chi connectivity index (χ0) is 20.1. The molecular formula is C21H24FN3O3. The van der Waals surface area contributed by atoms with Crippen LogP contribution in [0.1, 0.15) is 29.5 Å². The number of benzene rings is 2. The molecule has 0 atom stereocenters. The van der Waals surface area contributed by atoms with Crippen LogP contribution in [0.25, 0.3) is 0 Å². The molecule has 28 heavy (non-hydrogen) atoms. The zero-order valence-corrected chi connectivity index (χ0v) is 15.9. The van der Waals surface area contributed by atoms with Crippen LogP contribution in [0, 0.1) is 28.8 Å². The van der Waals surface area contributed by atoms with Gasteiger partial charge in [0.2, 0.25) is 5.91 Å². The topological polar surface area (TPSA) is 75.5 Å². The molecule has 0 bridgehead atoms. The third kappa shape index (κ3) is 4.92. The number of nitro groups is 1. The Balaban J connectivity index is 1.49. The summed E-state index contributed by atoms with van der Waals surface area (Å²) in [7, 11) is 0. The van der Waals surface area contributed by atoms with Crippen molar-refractivity contribution in [2.24, 2.45) is 5.92 Å². The van der Waals surface area contributed by atoms with E-state index in [1.807, 2.05) is 6.07 Å². The van der Waals surface area contributed by atoms with Crippen LogP contribution in [0.5, 0.6) is 0 Å². The third-order valence-corrected chi connectivity index (χ3v) is 5.35. The summed E-state index contributed by atoms with van der Waals surface area (Å²) < 4.78 is 12.9. The smallest absolute Gasteiger partial charge is 0.272 e. The molecule has 0 unspecified atom stereocenters. The number of likely N-dealkylation sites (tertiary alicyclic amines) is 1. The maximum Gasteiger partial charge on any atom is 0.272 e. The summed E-state index contributed by atoms with van der Waals surface area (Å²) in [6, 6.07) is 11.3. The average Bonchev–Trinajstić information content (AvgIpc) is 2.69. The Bertz CT molecular complexity index is 846. The number of carbonyl (C=O) groups is 1. The number of nitrogens with zero attached hydrogens (tertiary/aromatic N) is 2. The summed E-state index contributed by atoms with van der Waals surface area (Å²) in [6.07, 6.45) is 1.51. The number of halogens is 1. The van der Waals surface area contributed by atoms with Crippen molar-refractivity contribution >= 4 is 11.6 Å². The first-order valence-electron chi connectivity index (χ1n) is 9.41. The number of piperidine rings is 1. The van der Waals surface area contributed by atoms with E-state index in [0.717, 1.165) is 37.1 Å². The number of carbonyl (C=O) groups excluding carboxylic acids is 1. The van der Waals surface area contributed by atoms with Crippen LogP contribution < -0.4 is 5.32 Å². The first kappa shape index (κ1) is 19.9. The highest BCUT2D eigenvalue weighted by atomic mass is 19.1. The van der Waals surface area contributed by atoms with Gasteiger partial charge in [0.1, 0.15) is 5.82 Å². The Morgan fingerprint density at radius 2 is 1.89 bits per heavy atom. The fourth-order valence-electron chi connectivity index (χ4n) is 3.57. The Hall–Kier alpha value is -2.80. The van der Waals surface area contributed by atoms with Gasteiger partial charge in [-0.15, -0.1) is 0 Å². The minimum absolute atomic E-state index is 0.0236. The average molecular weight is 385 g/mol. The molecule has 2 aromatic carbocycles. The normalized spacial score (nSPS) is 15.4. The van der Waals surface area contributed by atoms with Gasteiger partial charge in [0.25, 0.3) is 5.69 Å². The van der Waals surface area contributed by atoms with Crippen molar-refractivity contribution in [2.45, 2.75) is 32.9 Å². The molecule has 6 nitrogen and oxygen atoms in total. The van der Waals surface area contributed by atoms with E-state index < -0.39 is 0 Å². The summed E-state index contributed by atoms with van der Waals surface area (Å²) in [4.78, 5) is 25.4. The van der Waals surface area contributed by atoms with Crippen LogP contribution in [0.3, 0.4) is 0 Å². The van der Waals surface area contributed by atoms with Gasteiger partial charge in [-0.1, -0.05) is 24.3 Å². The van der Waals surface area contributed by atoms with Gasteiger partial charge in [0.05, 0.1) is 4.92 Å². The molecule has 0 saturated carbocycles. The number of hydrogen-bond donors (Lipinski definition) is 1. The maximum absolute atomic E-state index is 12.9. The molecule has 0 aliphatic carbocycles. The molecule has 2 aromatic rings. The SMILES string of the molecule is Cc1c(CN2CCC(C(=O)NCc3ccc(F)cc3)CC2)cccc1[N+](=O)[O-]. The van der Waals surface area contributed by atoms with Gasteiger partial charge < -0.3 is 5.32 Å². The van der Waals surface area contributed by atoms with Gasteiger partial charge in [-0.3, -0.25) is 19.8 Å². The highest BCUT2D eigenvalue weighted by molar-refractivity contribution is 5.78. The highest BCUT2D eigenvalue weighted by Gasteiger charge is 2.25. The van der Waals surface area contributed by atoms with E-state index in [1.54, 1.807) is 25.1 Å². The van der Waals surface area contributed by atoms with Crippen LogP contribution in [-0.4, -0.2) is 28.8 Å². The lowest BCUT2D eigenvalue weighted by Crippen LogP contribution is -2.40. The molecule has 1 amide bonds. The second kappa shape index (κ2) is 8.93. The van der Waals surface area contributed by atoms with Gasteiger partial charge >= 0.3 is 0 Å². The largest absolute Gasteiger partial charge is 0.352 e. The lowest BCUT2D eigenvalue weighted by atomic mass is 9.95. The number of nitrogens with one attached hydrogen (secondary N) is 1. The number of nitro benzene ring substituents is 1. The molecule has 3 rings (SSSR count). The first-order chi connectivity index (χ1) is 13.4. The first-order valence-corrected chi connectivity index (χ1v) is 9.41. The van der Waals surface area contributed by atoms with E-state index in [4.69, 9.17) is 0 Å². The van der Waals surface area contributed by atoms with E-state index in [0.29, 0.717) is 18.7 Å². The van der Waals surface area contributed by atoms with Gasteiger partial charge in [-0.2, -0.15) is 0 Å². The Morgan fingerprint density at radius 3 is 2.54 bits per heavy atom. The van der Waals surface area contributed by atoms with Crippen molar-refractivity contribution in [3.8, 4) is 0 Å². The van der Waals surface area contributed by atoms with Crippen LogP contribution in [0.4, 0.5) is 10.1 Å². The second-order valence-corrected chi connectivity index (χ2v) is 7.21. The summed E-state index contributed by atoms with van der Waals surface area (Å²) >= 11 is 0. The molecule has 1 N–H and O–H groups in total. The van der Waals surface area contributed by atoms with Gasteiger partial charge in [-0.05, 0) is 56.1 Å². The Morgan fingerprint density at radius 1 is 1.21 bits per heavy atom. The minimum Gasteiger partial charge on any atom is -0.352 e. The van der Waals surface area contributed by atoms with E-state index in [1.165, 1.54) is 18.2 Å². The Kier molecular flexibility index (Phi) is 6.36. The maximum atomic E-state index is 12.9. The monoisotopic (exact) mass is 385 g/mol. The second-order valence-electron chi connectivity index (χ2n) is 7.21. The van der Waals surface area contributed by atoms with Gasteiger partial charge in [0.15, 0.2) is 0 Å². The summed E-state index contributed by atoms with van der Waals surface area (Å²) in [5, 5.41) is 14.0. The minimum atomic E-state index is -0.351. The fraction of sp³-hybridized carbons (Fsp3) is 0.381. The molecule has 148 valence electrons. The van der Waals surface area contributed by atoms with Crippen molar-refractivity contribution in [3.63, 3.8) is 0 Å². The lowest BCUT2D eigenvalue weighted by Gasteiger charge is -2.31. The van der Waals surface area contributed by atoms with Crippen molar-refractivity contribution in [1.29, 1.82) is 0 Å². The van der Waals surface area contributed by atoms with Crippen LogP contribution >= 0.6 is 0 Å². The molecule has 1 aliphatic heterocycles. The molecule has 0 aromatic heterocycles. The number of hydrogen-bond acceptors (Lipinski definition) is 4. The van der Waals surface area contributed by atoms with Crippen molar-refractivity contribution in [3.05, 3.63) is 75.1 Å². The van der Waals surface area contributed by atoms with Crippen LogP contribution in [0.15, 0.2) is 42.5 Å². The third-order valence-electron chi connectivity index (χ3n) is 5.35. The quantitative estimate of drug-likeness (QED) is 0.609. The predicted octanol–water partition coefficient (Wildman–Crippen LogP) is 3.57. The molecule has 0 spiro atoms. The highest BCUT2D eigenvalue weighted by Crippen LogP contribution is 2.25. The lowest BCUT2D eigenvalue weighted by molar-refractivity contribution is -0.385. The molecule has 1 aliphatic rings. The van der Waals surface area contributed by atoms with Crippen LogP contribution in [0.2, 0.25) is 0 Å². The molecule has 0 radical (unpaired) electrons. The molecular weight excluding hydrogens is 361 g/mol. The van der Waals surface area contributed by atoms with Gasteiger partial charge in [-0.25, -0.2) is 4.39 Å². The van der Waals surface area contributed by atoms with Crippen molar-refractivity contribution < 1.29 is 14.1 Å². The summed E-state index contributed by atoms with van der Waals surface area (Å²) in [5.74, 6) is -0.306. The Labute approximate surface area is 163 Å². The molecule has 1 fully saturated rings. The standard InChI is InChI=1S/C21H24FN3O3/c1-15-18(3-2-4-20(15)25(27)28)14-24-11-9-17(10-12-24)21(26)23-13-16-5-7-19(22)8-6-16/h2-8,17H,9-14H2,1H3,(H,23,26). The summed E-state index contributed by atoms with van der Waals surface area (Å²) in [5.41, 5.74) is 2.67. The van der Waals surface area contributed by atoms with E-state index in [2.05, 4.69) is 10.2 Å². The number of rotatable bonds is 6. The molecule has 1 heterocycles. The van der Waals surface area contributed by atoms with Crippen molar-refractivity contribution in [2.75, 3.05) is 13.1 Å². The molecule has 7 heteroatoms. The van der Waals surface area contributed by atoms with E-state index in [-0.39, 0.29) is 28.3 Å².